The van der Waals surface area contributed by atoms with E-state index in [1.54, 1.807) is 0 Å². The predicted octanol–water partition coefficient (Wildman–Crippen LogP) is 4.29. The second-order valence-electron chi connectivity index (χ2n) is 8.82. The van der Waals surface area contributed by atoms with E-state index >= 15 is 0 Å². The zero-order valence-corrected chi connectivity index (χ0v) is 19.6. The number of fused-ring (bicyclic) bond motifs is 3. The summed E-state index contributed by atoms with van der Waals surface area (Å²) in [5.41, 5.74) is 19.8. The van der Waals surface area contributed by atoms with Crippen molar-refractivity contribution in [2.45, 2.75) is 26.8 Å². The number of anilines is 2. The van der Waals surface area contributed by atoms with E-state index in [0.29, 0.717) is 6.67 Å². The topological polar surface area (TPSA) is 88.2 Å². The van der Waals surface area contributed by atoms with Crippen molar-refractivity contribution in [2.24, 2.45) is 0 Å². The highest BCUT2D eigenvalue weighted by molar-refractivity contribution is 6.10. The van der Waals surface area contributed by atoms with Gasteiger partial charge in [-0.25, -0.2) is 0 Å². The molecular formula is C27H35N5O+2. The number of aromatic nitrogens is 1. The second kappa shape index (κ2) is 9.75. The Morgan fingerprint density at radius 3 is 2.18 bits per heavy atom. The Labute approximate surface area is 195 Å². The van der Waals surface area contributed by atoms with Crippen molar-refractivity contribution in [2.75, 3.05) is 37.8 Å². The maximum absolute atomic E-state index is 9.39. The van der Waals surface area contributed by atoms with Crippen LogP contribution < -0.4 is 21.5 Å². The first kappa shape index (κ1) is 23.0. The molecule has 0 bridgehead atoms. The van der Waals surface area contributed by atoms with Crippen molar-refractivity contribution in [3.63, 3.8) is 0 Å². The van der Waals surface area contributed by atoms with Gasteiger partial charge < -0.3 is 21.2 Å². The number of benzene rings is 3. The molecular weight excluding hydrogens is 410 g/mol. The summed E-state index contributed by atoms with van der Waals surface area (Å²) >= 11 is 0. The summed E-state index contributed by atoms with van der Waals surface area (Å²) in [5.74, 6) is 0. The van der Waals surface area contributed by atoms with E-state index in [1.807, 2.05) is 18.2 Å². The SMILES string of the molecule is CC[N+](CC)(CCC[n+]1c(-c2ccccc2)c2cc(N)ccc2c2ccc(N)cc21)CNO. The summed E-state index contributed by atoms with van der Waals surface area (Å²) in [6, 6.07) is 22.8. The van der Waals surface area contributed by atoms with Gasteiger partial charge in [0, 0.05) is 28.4 Å². The molecule has 0 saturated heterocycles. The molecule has 1 aromatic heterocycles. The molecule has 6 heteroatoms. The summed E-state index contributed by atoms with van der Waals surface area (Å²) in [6.07, 6.45) is 0.964. The van der Waals surface area contributed by atoms with Crippen LogP contribution in [0.1, 0.15) is 20.3 Å². The molecule has 6 N–H and O–H groups in total. The van der Waals surface area contributed by atoms with Gasteiger partial charge in [0.05, 0.1) is 36.8 Å². The molecule has 0 atom stereocenters. The zero-order valence-electron chi connectivity index (χ0n) is 19.6. The van der Waals surface area contributed by atoms with Gasteiger partial charge in [-0.2, -0.15) is 10.0 Å². The Kier molecular flexibility index (Phi) is 6.79. The van der Waals surface area contributed by atoms with Gasteiger partial charge in [-0.05, 0) is 50.2 Å². The molecule has 0 amide bonds. The number of nitrogens with zero attached hydrogens (tertiary/aromatic N) is 2. The molecule has 6 nitrogen and oxygen atoms in total. The van der Waals surface area contributed by atoms with Crippen LogP contribution in [0, 0.1) is 0 Å². The van der Waals surface area contributed by atoms with Crippen molar-refractivity contribution >= 4 is 33.1 Å². The monoisotopic (exact) mass is 445 g/mol. The lowest BCUT2D eigenvalue weighted by Crippen LogP contribution is -2.54. The van der Waals surface area contributed by atoms with Gasteiger partial charge in [0.25, 0.3) is 0 Å². The first-order valence-corrected chi connectivity index (χ1v) is 11.7. The molecule has 0 aliphatic rings. The summed E-state index contributed by atoms with van der Waals surface area (Å²) in [6.45, 7) is 8.62. The normalized spacial score (nSPS) is 12.0. The Hall–Kier alpha value is -3.19. The van der Waals surface area contributed by atoms with E-state index in [0.717, 1.165) is 70.6 Å². The number of rotatable bonds is 9. The Morgan fingerprint density at radius 1 is 0.848 bits per heavy atom. The number of pyridine rings is 1. The summed E-state index contributed by atoms with van der Waals surface area (Å²) in [5, 5.41) is 12.9. The summed E-state index contributed by atoms with van der Waals surface area (Å²) in [4.78, 5) is 0. The number of hydroxylamine groups is 1. The molecule has 0 aliphatic carbocycles. The van der Waals surface area contributed by atoms with Gasteiger partial charge in [-0.3, -0.25) is 0 Å². The van der Waals surface area contributed by atoms with Crippen molar-refractivity contribution < 1.29 is 14.3 Å². The molecule has 0 saturated carbocycles. The molecule has 172 valence electrons. The van der Waals surface area contributed by atoms with Crippen LogP contribution in [-0.2, 0) is 6.54 Å². The Balaban J connectivity index is 1.91. The number of hydrogen-bond donors (Lipinski definition) is 4. The number of quaternary nitrogens is 1. The molecule has 0 unspecified atom stereocenters. The molecule has 33 heavy (non-hydrogen) atoms. The highest BCUT2D eigenvalue weighted by Crippen LogP contribution is 2.33. The number of nitrogens with two attached hydrogens (primary N) is 2. The molecule has 4 rings (SSSR count). The average molecular weight is 446 g/mol. The second-order valence-corrected chi connectivity index (χ2v) is 8.82. The van der Waals surface area contributed by atoms with Crippen LogP contribution in [0.15, 0.2) is 66.7 Å². The highest BCUT2D eigenvalue weighted by atomic mass is 16.5. The predicted molar refractivity (Wildman–Crippen MR) is 137 cm³/mol. The molecule has 0 aliphatic heterocycles. The van der Waals surface area contributed by atoms with Crippen LogP contribution >= 0.6 is 0 Å². The van der Waals surface area contributed by atoms with Crippen LogP contribution in [0.5, 0.6) is 0 Å². The smallest absolute Gasteiger partial charge is 0.220 e. The Morgan fingerprint density at radius 2 is 1.52 bits per heavy atom. The number of nitrogens with one attached hydrogen (secondary N) is 1. The van der Waals surface area contributed by atoms with E-state index in [1.165, 1.54) is 10.8 Å². The van der Waals surface area contributed by atoms with E-state index in [9.17, 15) is 5.21 Å². The molecule has 0 fully saturated rings. The quantitative estimate of drug-likeness (QED) is 0.0773. The lowest BCUT2D eigenvalue weighted by molar-refractivity contribution is -0.931. The number of hydrogen-bond acceptors (Lipinski definition) is 4. The minimum Gasteiger partial charge on any atom is -0.399 e. The maximum atomic E-state index is 9.39. The molecule has 3 aromatic carbocycles. The van der Waals surface area contributed by atoms with Gasteiger partial charge in [0.15, 0.2) is 13.2 Å². The van der Waals surface area contributed by atoms with Crippen LogP contribution in [0.4, 0.5) is 11.4 Å². The van der Waals surface area contributed by atoms with Crippen LogP contribution in [-0.4, -0.2) is 36.0 Å². The summed E-state index contributed by atoms with van der Waals surface area (Å²) < 4.78 is 3.22. The molecule has 1 heterocycles. The third kappa shape index (κ3) is 4.50. The lowest BCUT2D eigenvalue weighted by atomic mass is 9.98. The maximum Gasteiger partial charge on any atom is 0.220 e. The first-order chi connectivity index (χ1) is 16.0. The van der Waals surface area contributed by atoms with Crippen LogP contribution in [0.25, 0.3) is 32.9 Å². The third-order valence-electron chi connectivity index (χ3n) is 6.98. The fourth-order valence-electron chi connectivity index (χ4n) is 4.95. The highest BCUT2D eigenvalue weighted by Gasteiger charge is 2.27. The minimum atomic E-state index is 0.547. The van der Waals surface area contributed by atoms with E-state index in [2.05, 4.69) is 72.4 Å². The first-order valence-electron chi connectivity index (χ1n) is 11.7. The van der Waals surface area contributed by atoms with Crippen molar-refractivity contribution in [1.29, 1.82) is 0 Å². The van der Waals surface area contributed by atoms with Crippen molar-refractivity contribution in [1.82, 2.24) is 5.48 Å². The van der Waals surface area contributed by atoms with Crippen molar-refractivity contribution in [3.05, 3.63) is 66.7 Å². The van der Waals surface area contributed by atoms with Gasteiger partial charge >= 0.3 is 0 Å². The zero-order chi connectivity index (χ0) is 23.4. The fraction of sp³-hybridized carbons (Fsp3) is 0.296. The molecule has 0 radical (unpaired) electrons. The Bertz CT molecular complexity index is 1250. The van der Waals surface area contributed by atoms with Crippen molar-refractivity contribution in [3.8, 4) is 11.3 Å². The summed E-state index contributed by atoms with van der Waals surface area (Å²) in [7, 11) is 0. The molecule has 4 aromatic rings. The van der Waals surface area contributed by atoms with Gasteiger partial charge in [-0.1, -0.05) is 24.3 Å². The standard InChI is InChI=1S/C27H34N5O/c1-3-32(4-2,19-30-33)16-8-15-31-26-18-22(29)12-14-24(26)23-13-11-21(28)17-25(23)27(31)20-9-6-5-7-10-20/h5-7,9-14,17-18,29-30,33H,3-4,8,15-16,19,28H2,1-2H3/q+1/p+1. The van der Waals surface area contributed by atoms with Gasteiger partial charge in [0.1, 0.15) is 0 Å². The average Bonchev–Trinajstić information content (AvgIpc) is 2.83. The lowest BCUT2D eigenvalue weighted by Gasteiger charge is -2.35. The largest absolute Gasteiger partial charge is 0.399 e. The number of nitrogen functional groups attached to an aromatic ring is 2. The third-order valence-corrected chi connectivity index (χ3v) is 6.98. The molecule has 0 spiro atoms. The van der Waals surface area contributed by atoms with Gasteiger partial charge in [-0.15, -0.1) is 0 Å². The number of aryl methyl sites for hydroxylation is 1. The van der Waals surface area contributed by atoms with E-state index in [-0.39, 0.29) is 0 Å². The van der Waals surface area contributed by atoms with Crippen LogP contribution in [0.2, 0.25) is 0 Å². The van der Waals surface area contributed by atoms with E-state index < -0.39 is 0 Å². The van der Waals surface area contributed by atoms with E-state index in [4.69, 9.17) is 11.5 Å². The minimum absolute atomic E-state index is 0.547. The van der Waals surface area contributed by atoms with Gasteiger partial charge in [0.2, 0.25) is 11.2 Å². The fourth-order valence-corrected chi connectivity index (χ4v) is 4.95. The van der Waals surface area contributed by atoms with Crippen LogP contribution in [0.3, 0.4) is 0 Å².